The molecule has 0 atom stereocenters. The Balaban J connectivity index is 2.06. The number of carboxylic acid groups (broad SMARTS) is 1. The van der Waals surface area contributed by atoms with Gasteiger partial charge in [-0.2, -0.15) is 5.10 Å². The average molecular weight is 248 g/mol. The van der Waals surface area contributed by atoms with Gasteiger partial charge in [-0.05, 0) is 30.3 Å². The molecule has 6 nitrogen and oxygen atoms in total. The fourth-order valence-electron chi connectivity index (χ4n) is 1.45. The molecule has 0 aliphatic carbocycles. The van der Waals surface area contributed by atoms with Gasteiger partial charge in [-0.15, -0.1) is 0 Å². The first kappa shape index (κ1) is 12.0. The van der Waals surface area contributed by atoms with Crippen LogP contribution in [-0.4, -0.2) is 26.0 Å². The van der Waals surface area contributed by atoms with Crippen molar-refractivity contribution in [3.8, 4) is 11.5 Å². The number of carbonyl (C=O) groups is 1. The molecule has 94 valence electrons. The van der Waals surface area contributed by atoms with Gasteiger partial charge in [0.05, 0.1) is 5.69 Å². The van der Waals surface area contributed by atoms with Crippen LogP contribution in [0, 0.1) is 0 Å². The van der Waals surface area contributed by atoms with Crippen LogP contribution in [0.25, 0.3) is 0 Å². The van der Waals surface area contributed by atoms with E-state index in [1.807, 2.05) is 0 Å². The van der Waals surface area contributed by atoms with E-state index < -0.39 is 5.97 Å². The van der Waals surface area contributed by atoms with E-state index in [2.05, 4.69) is 5.10 Å². The summed E-state index contributed by atoms with van der Waals surface area (Å²) in [6, 6.07) is 7.75. The summed E-state index contributed by atoms with van der Waals surface area (Å²) < 4.78 is 6.92. The minimum Gasteiger partial charge on any atom is -0.508 e. The zero-order chi connectivity index (χ0) is 13.1. The first-order chi connectivity index (χ1) is 8.56. The smallest absolute Gasteiger partial charge is 0.356 e. The molecular formula is C12H12N2O4. The van der Waals surface area contributed by atoms with E-state index in [-0.39, 0.29) is 18.1 Å². The Morgan fingerprint density at radius 3 is 2.61 bits per heavy atom. The number of aryl methyl sites for hydroxylation is 1. The van der Waals surface area contributed by atoms with Crippen LogP contribution in [0.2, 0.25) is 0 Å². The predicted molar refractivity (Wildman–Crippen MR) is 62.6 cm³/mol. The number of nitrogens with zero attached hydrogens (tertiary/aromatic N) is 2. The van der Waals surface area contributed by atoms with E-state index in [0.29, 0.717) is 11.4 Å². The van der Waals surface area contributed by atoms with Crippen molar-refractivity contribution in [1.82, 2.24) is 9.78 Å². The maximum Gasteiger partial charge on any atom is 0.356 e. The number of aromatic carboxylic acids is 1. The highest BCUT2D eigenvalue weighted by Crippen LogP contribution is 2.17. The fraction of sp³-hybridized carbons (Fsp3) is 0.167. The molecule has 1 heterocycles. The summed E-state index contributed by atoms with van der Waals surface area (Å²) in [5.74, 6) is -0.316. The highest BCUT2D eigenvalue weighted by atomic mass is 16.5. The lowest BCUT2D eigenvalue weighted by molar-refractivity contribution is 0.0689. The van der Waals surface area contributed by atoms with Crippen molar-refractivity contribution < 1.29 is 19.7 Å². The molecule has 0 unspecified atom stereocenters. The number of aromatic hydroxyl groups is 1. The van der Waals surface area contributed by atoms with Crippen LogP contribution < -0.4 is 4.74 Å². The highest BCUT2D eigenvalue weighted by Gasteiger charge is 2.11. The monoisotopic (exact) mass is 248 g/mol. The summed E-state index contributed by atoms with van der Waals surface area (Å²) in [5, 5.41) is 21.7. The van der Waals surface area contributed by atoms with Crippen LogP contribution >= 0.6 is 0 Å². The van der Waals surface area contributed by atoms with Crippen molar-refractivity contribution >= 4 is 5.97 Å². The molecule has 1 aromatic carbocycles. The van der Waals surface area contributed by atoms with Crippen LogP contribution in [0.4, 0.5) is 0 Å². The number of ether oxygens (including phenoxy) is 1. The number of hydrogen-bond acceptors (Lipinski definition) is 4. The largest absolute Gasteiger partial charge is 0.508 e. The van der Waals surface area contributed by atoms with Gasteiger partial charge < -0.3 is 14.9 Å². The van der Waals surface area contributed by atoms with Gasteiger partial charge in [0.25, 0.3) is 0 Å². The zero-order valence-corrected chi connectivity index (χ0v) is 9.70. The second kappa shape index (κ2) is 4.79. The minimum absolute atomic E-state index is 0.0122. The quantitative estimate of drug-likeness (QED) is 0.854. The molecule has 2 rings (SSSR count). The summed E-state index contributed by atoms with van der Waals surface area (Å²) >= 11 is 0. The third-order valence-corrected chi connectivity index (χ3v) is 2.42. The first-order valence-electron chi connectivity index (χ1n) is 5.24. The summed E-state index contributed by atoms with van der Waals surface area (Å²) in [5.41, 5.74) is 0.641. The molecule has 0 aliphatic heterocycles. The van der Waals surface area contributed by atoms with Crippen molar-refractivity contribution in [3.63, 3.8) is 0 Å². The van der Waals surface area contributed by atoms with E-state index in [1.165, 1.54) is 22.9 Å². The molecule has 2 aromatic rings. The molecule has 0 spiro atoms. The number of carboxylic acids is 1. The molecule has 0 amide bonds. The summed E-state index contributed by atoms with van der Waals surface area (Å²) in [4.78, 5) is 10.7. The number of hydrogen-bond donors (Lipinski definition) is 2. The number of aromatic nitrogens is 2. The Bertz CT molecular complexity index is 560. The number of phenolic OH excluding ortho intramolecular Hbond substituents is 1. The lowest BCUT2D eigenvalue weighted by atomic mass is 10.3. The molecule has 1 aromatic heterocycles. The Hall–Kier alpha value is -2.50. The van der Waals surface area contributed by atoms with Crippen LogP contribution in [0.3, 0.4) is 0 Å². The lowest BCUT2D eigenvalue weighted by Gasteiger charge is -2.05. The minimum atomic E-state index is -1.07. The van der Waals surface area contributed by atoms with Gasteiger partial charge in [0.1, 0.15) is 18.1 Å². The van der Waals surface area contributed by atoms with Gasteiger partial charge in [-0.25, -0.2) is 4.79 Å². The molecule has 0 saturated heterocycles. The Morgan fingerprint density at radius 2 is 2.06 bits per heavy atom. The van der Waals surface area contributed by atoms with Crippen molar-refractivity contribution in [1.29, 1.82) is 0 Å². The molecule has 0 fully saturated rings. The van der Waals surface area contributed by atoms with Gasteiger partial charge in [-0.1, -0.05) is 0 Å². The van der Waals surface area contributed by atoms with Crippen LogP contribution in [-0.2, 0) is 13.7 Å². The van der Waals surface area contributed by atoms with Crippen molar-refractivity contribution in [3.05, 3.63) is 41.7 Å². The third-order valence-electron chi connectivity index (χ3n) is 2.42. The predicted octanol–water partition coefficient (Wildman–Crippen LogP) is 1.40. The maximum atomic E-state index is 10.7. The van der Waals surface area contributed by atoms with Crippen LogP contribution in [0.1, 0.15) is 16.2 Å². The molecule has 2 N–H and O–H groups in total. The van der Waals surface area contributed by atoms with E-state index in [0.717, 1.165) is 0 Å². The molecule has 0 radical (unpaired) electrons. The number of benzene rings is 1. The zero-order valence-electron chi connectivity index (χ0n) is 9.70. The van der Waals surface area contributed by atoms with Crippen molar-refractivity contribution in [2.75, 3.05) is 0 Å². The first-order valence-corrected chi connectivity index (χ1v) is 5.24. The van der Waals surface area contributed by atoms with E-state index >= 15 is 0 Å². The molecule has 0 saturated carbocycles. The van der Waals surface area contributed by atoms with E-state index in [1.54, 1.807) is 19.2 Å². The van der Waals surface area contributed by atoms with Crippen molar-refractivity contribution in [2.24, 2.45) is 7.05 Å². The second-order valence-corrected chi connectivity index (χ2v) is 3.73. The average Bonchev–Trinajstić information content (AvgIpc) is 2.70. The van der Waals surface area contributed by atoms with Crippen LogP contribution in [0.5, 0.6) is 11.5 Å². The summed E-state index contributed by atoms with van der Waals surface area (Å²) in [6.07, 6.45) is 0. The van der Waals surface area contributed by atoms with Crippen molar-refractivity contribution in [2.45, 2.75) is 6.61 Å². The van der Waals surface area contributed by atoms with Crippen LogP contribution in [0.15, 0.2) is 30.3 Å². The molecule has 6 heteroatoms. The Morgan fingerprint density at radius 1 is 1.39 bits per heavy atom. The van der Waals surface area contributed by atoms with E-state index in [4.69, 9.17) is 14.9 Å². The number of phenols is 1. The SMILES string of the molecule is Cn1nc(C(=O)O)cc1COc1ccc(O)cc1. The Labute approximate surface area is 103 Å². The molecule has 18 heavy (non-hydrogen) atoms. The topological polar surface area (TPSA) is 84.6 Å². The van der Waals surface area contributed by atoms with Gasteiger partial charge in [0.15, 0.2) is 5.69 Å². The molecule has 0 aliphatic rings. The van der Waals surface area contributed by atoms with Gasteiger partial charge in [0, 0.05) is 7.05 Å². The fourth-order valence-corrected chi connectivity index (χ4v) is 1.45. The maximum absolute atomic E-state index is 10.7. The lowest BCUT2D eigenvalue weighted by Crippen LogP contribution is -2.03. The second-order valence-electron chi connectivity index (χ2n) is 3.73. The third kappa shape index (κ3) is 2.60. The normalized spacial score (nSPS) is 10.3. The summed E-state index contributed by atoms with van der Waals surface area (Å²) in [6.45, 7) is 0.210. The van der Waals surface area contributed by atoms with E-state index in [9.17, 15) is 4.79 Å². The molecular weight excluding hydrogens is 236 g/mol. The Kier molecular flexibility index (Phi) is 3.18. The number of rotatable bonds is 4. The van der Waals surface area contributed by atoms with Gasteiger partial charge in [-0.3, -0.25) is 4.68 Å². The standard InChI is InChI=1S/C12H12N2O4/c1-14-8(6-11(13-14)12(16)17)7-18-10-4-2-9(15)3-5-10/h2-6,15H,7H2,1H3,(H,16,17). The van der Waals surface area contributed by atoms with Gasteiger partial charge >= 0.3 is 5.97 Å². The highest BCUT2D eigenvalue weighted by molar-refractivity contribution is 5.85. The molecule has 0 bridgehead atoms. The van der Waals surface area contributed by atoms with Gasteiger partial charge in [0.2, 0.25) is 0 Å². The summed E-state index contributed by atoms with van der Waals surface area (Å²) in [7, 11) is 1.65.